The summed E-state index contributed by atoms with van der Waals surface area (Å²) in [6.45, 7) is 0. The van der Waals surface area contributed by atoms with Gasteiger partial charge in [0, 0.05) is 48.3 Å². The van der Waals surface area contributed by atoms with Crippen molar-refractivity contribution in [3.05, 3.63) is 157 Å². The van der Waals surface area contributed by atoms with Gasteiger partial charge in [0.1, 0.15) is 10.9 Å². The fourth-order valence-electron chi connectivity index (χ4n) is 5.53. The molecule has 0 saturated heterocycles. The Morgan fingerprint density at radius 2 is 1.35 bits per heavy atom. The van der Waals surface area contributed by atoms with Gasteiger partial charge in [-0.1, -0.05) is 66.7 Å². The minimum absolute atomic E-state index is 0.612. The summed E-state index contributed by atoms with van der Waals surface area (Å²) in [6, 6.07) is 41.5. The quantitative estimate of drug-likeness (QED) is 0.222. The summed E-state index contributed by atoms with van der Waals surface area (Å²) in [4.78, 5) is 16.3. The average molecular weight is 519 g/mol. The van der Waals surface area contributed by atoms with Crippen molar-refractivity contribution in [3.8, 4) is 0 Å². The Hall–Kier alpha value is -5.29. The Kier molecular flexibility index (Phi) is 6.02. The van der Waals surface area contributed by atoms with E-state index in [4.69, 9.17) is 9.40 Å². The van der Waals surface area contributed by atoms with Crippen LogP contribution in [0.4, 0.5) is 17.1 Å². The summed E-state index contributed by atoms with van der Waals surface area (Å²) < 4.78 is 6.49. The monoisotopic (exact) mass is 518 g/mol. The van der Waals surface area contributed by atoms with E-state index in [1.807, 2.05) is 61.1 Å². The lowest BCUT2D eigenvalue weighted by atomic mass is 9.69. The van der Waals surface area contributed by atoms with Crippen LogP contribution in [0.3, 0.4) is 0 Å². The van der Waals surface area contributed by atoms with E-state index in [2.05, 4.69) is 93.7 Å². The smallest absolute Gasteiger partial charge is 0.211 e. The Labute approximate surface area is 232 Å². The number of pyridine rings is 1. The molecule has 2 aromatic heterocycles. The molecule has 5 nitrogen and oxygen atoms in total. The third kappa shape index (κ3) is 4.09. The second kappa shape index (κ2) is 10.1. The van der Waals surface area contributed by atoms with E-state index in [-0.39, 0.29) is 0 Å². The zero-order valence-electron chi connectivity index (χ0n) is 21.8. The maximum Gasteiger partial charge on any atom is 0.211 e. The first-order chi connectivity index (χ1) is 19.8. The van der Waals surface area contributed by atoms with Crippen LogP contribution in [0.2, 0.25) is 0 Å². The first-order valence-corrected chi connectivity index (χ1v) is 13.3. The standard InChI is InChI=1S/C35H26N4O/c1-3-11-28(12-4-1)39(29-13-5-2-6-14-29)30-19-17-27(18-20-30)35(34-38-32-15-7-8-16-33(32)40-34)21-23-37-25-31(35)26-10-9-22-36-24-26/h1-20,22-25H,21H2. The molecule has 0 radical (unpaired) electrons. The number of anilines is 3. The molecular weight excluding hydrogens is 492 g/mol. The van der Waals surface area contributed by atoms with Gasteiger partial charge in [0.15, 0.2) is 5.58 Å². The second-order valence-electron chi connectivity index (χ2n) is 9.77. The van der Waals surface area contributed by atoms with E-state index in [0.29, 0.717) is 12.3 Å². The lowest BCUT2D eigenvalue weighted by Crippen LogP contribution is -2.32. The van der Waals surface area contributed by atoms with E-state index >= 15 is 0 Å². The van der Waals surface area contributed by atoms with Crippen molar-refractivity contribution < 1.29 is 4.42 Å². The van der Waals surface area contributed by atoms with Crippen molar-refractivity contribution in [1.82, 2.24) is 9.97 Å². The lowest BCUT2D eigenvalue weighted by molar-refractivity contribution is 0.456. The van der Waals surface area contributed by atoms with Gasteiger partial charge in [0.05, 0.1) is 0 Å². The third-order valence-corrected chi connectivity index (χ3v) is 7.44. The molecule has 7 rings (SSSR count). The molecule has 4 aromatic carbocycles. The molecule has 1 unspecified atom stereocenters. The Bertz CT molecular complexity index is 1740. The number of allylic oxidation sites excluding steroid dienone is 1. The minimum Gasteiger partial charge on any atom is -0.439 e. The van der Waals surface area contributed by atoms with E-state index in [1.165, 1.54) is 0 Å². The molecule has 0 aliphatic carbocycles. The molecule has 6 aromatic rings. The minimum atomic E-state index is -0.674. The summed E-state index contributed by atoms with van der Waals surface area (Å²) in [5.41, 5.74) is 7.24. The highest BCUT2D eigenvalue weighted by molar-refractivity contribution is 5.87. The molecule has 1 atom stereocenters. The zero-order valence-corrected chi connectivity index (χ0v) is 21.8. The van der Waals surface area contributed by atoms with Crippen molar-refractivity contribution in [2.24, 2.45) is 4.99 Å². The maximum atomic E-state index is 6.49. The van der Waals surface area contributed by atoms with Crippen molar-refractivity contribution in [3.63, 3.8) is 0 Å². The van der Waals surface area contributed by atoms with Gasteiger partial charge < -0.3 is 9.32 Å². The molecule has 0 N–H and O–H groups in total. The first-order valence-electron chi connectivity index (χ1n) is 13.3. The van der Waals surface area contributed by atoms with E-state index < -0.39 is 5.41 Å². The number of para-hydroxylation sites is 4. The van der Waals surface area contributed by atoms with E-state index in [1.54, 1.807) is 6.20 Å². The molecule has 1 aliphatic rings. The molecule has 40 heavy (non-hydrogen) atoms. The molecule has 1 aliphatic heterocycles. The maximum absolute atomic E-state index is 6.49. The highest BCUT2D eigenvalue weighted by atomic mass is 16.3. The number of rotatable bonds is 6. The van der Waals surface area contributed by atoms with E-state index in [0.717, 1.165) is 44.9 Å². The SMILES string of the molecule is C1=NC=C(c2cccnc2)C(c2ccc(N(c3ccccc3)c3ccccc3)cc2)(c2nc3ccccc3o2)C1. The van der Waals surface area contributed by atoms with Gasteiger partial charge in [0.2, 0.25) is 5.89 Å². The molecular formula is C35H26N4O. The number of aliphatic imine (C=N–C) groups is 1. The molecule has 0 spiro atoms. The predicted molar refractivity (Wildman–Crippen MR) is 161 cm³/mol. The molecule has 0 amide bonds. The highest BCUT2D eigenvalue weighted by Gasteiger charge is 2.44. The van der Waals surface area contributed by atoms with Crippen LogP contribution in [0.25, 0.3) is 16.7 Å². The van der Waals surface area contributed by atoms with Crippen LogP contribution < -0.4 is 4.90 Å². The number of aromatic nitrogens is 2. The van der Waals surface area contributed by atoms with E-state index in [9.17, 15) is 0 Å². The fourth-order valence-corrected chi connectivity index (χ4v) is 5.53. The van der Waals surface area contributed by atoms with Gasteiger partial charge in [0.25, 0.3) is 0 Å². The van der Waals surface area contributed by atoms with Crippen LogP contribution >= 0.6 is 0 Å². The first kappa shape index (κ1) is 23.8. The third-order valence-electron chi connectivity index (χ3n) is 7.44. The molecule has 3 heterocycles. The molecule has 5 heteroatoms. The number of nitrogens with zero attached hydrogens (tertiary/aromatic N) is 4. The molecule has 0 saturated carbocycles. The van der Waals surface area contributed by atoms with Gasteiger partial charge >= 0.3 is 0 Å². The summed E-state index contributed by atoms with van der Waals surface area (Å²) in [6.07, 6.45) is 8.15. The number of fused-ring (bicyclic) bond motifs is 1. The molecule has 0 bridgehead atoms. The van der Waals surface area contributed by atoms with Crippen LogP contribution in [-0.4, -0.2) is 16.2 Å². The van der Waals surface area contributed by atoms with Gasteiger partial charge in [-0.25, -0.2) is 4.98 Å². The topological polar surface area (TPSA) is 54.5 Å². The Balaban J connectivity index is 1.40. The number of oxazole rings is 1. The summed E-state index contributed by atoms with van der Waals surface area (Å²) >= 11 is 0. The fraction of sp³-hybridized carbons (Fsp3) is 0.0571. The van der Waals surface area contributed by atoms with Gasteiger partial charge in [-0.3, -0.25) is 9.98 Å². The van der Waals surface area contributed by atoms with Crippen LogP contribution in [0, 0.1) is 0 Å². The van der Waals surface area contributed by atoms with Gasteiger partial charge in [-0.2, -0.15) is 0 Å². The van der Waals surface area contributed by atoms with Crippen molar-refractivity contribution in [2.75, 3.05) is 4.90 Å². The largest absolute Gasteiger partial charge is 0.439 e. The van der Waals surface area contributed by atoms with Crippen LogP contribution in [0.1, 0.15) is 23.4 Å². The average Bonchev–Trinajstić information content (AvgIpc) is 3.48. The van der Waals surface area contributed by atoms with Gasteiger partial charge in [-0.15, -0.1) is 0 Å². The van der Waals surface area contributed by atoms with Crippen LogP contribution in [-0.2, 0) is 5.41 Å². The predicted octanol–water partition coefficient (Wildman–Crippen LogP) is 8.49. The second-order valence-corrected chi connectivity index (χ2v) is 9.77. The normalized spacial score (nSPS) is 16.6. The summed E-state index contributed by atoms with van der Waals surface area (Å²) in [5.74, 6) is 0.644. The number of hydrogen-bond donors (Lipinski definition) is 0. The lowest BCUT2D eigenvalue weighted by Gasteiger charge is -2.35. The van der Waals surface area contributed by atoms with Crippen molar-refractivity contribution >= 4 is 39.9 Å². The van der Waals surface area contributed by atoms with Crippen molar-refractivity contribution in [2.45, 2.75) is 11.8 Å². The van der Waals surface area contributed by atoms with Crippen LogP contribution in [0.5, 0.6) is 0 Å². The highest BCUT2D eigenvalue weighted by Crippen LogP contribution is 2.48. The van der Waals surface area contributed by atoms with Crippen molar-refractivity contribution in [1.29, 1.82) is 0 Å². The van der Waals surface area contributed by atoms with Crippen LogP contribution in [0.15, 0.2) is 149 Å². The Morgan fingerprint density at radius 3 is 2.02 bits per heavy atom. The zero-order chi connectivity index (χ0) is 26.8. The summed E-state index contributed by atoms with van der Waals surface area (Å²) in [5, 5.41) is 0. The summed E-state index contributed by atoms with van der Waals surface area (Å²) in [7, 11) is 0. The Morgan fingerprint density at radius 1 is 0.675 bits per heavy atom. The van der Waals surface area contributed by atoms with Gasteiger partial charge in [-0.05, 0) is 71.3 Å². The number of benzene rings is 4. The molecule has 192 valence electrons. The number of hydrogen-bond acceptors (Lipinski definition) is 5. The molecule has 0 fully saturated rings.